The van der Waals surface area contributed by atoms with E-state index in [9.17, 15) is 14.4 Å². The lowest BCUT2D eigenvalue weighted by Crippen LogP contribution is -2.42. The molecule has 0 spiro atoms. The summed E-state index contributed by atoms with van der Waals surface area (Å²) < 4.78 is 5.22. The van der Waals surface area contributed by atoms with Gasteiger partial charge in [-0.2, -0.15) is 0 Å². The first-order valence-corrected chi connectivity index (χ1v) is 7.46. The van der Waals surface area contributed by atoms with E-state index in [4.69, 9.17) is 4.74 Å². The van der Waals surface area contributed by atoms with E-state index in [0.717, 1.165) is 0 Å². The van der Waals surface area contributed by atoms with E-state index < -0.39 is 5.92 Å². The Hall–Kier alpha value is -2.57. The molecule has 0 saturated heterocycles. The van der Waals surface area contributed by atoms with Crippen LogP contribution in [0, 0.1) is 0 Å². The average molecular weight is 319 g/mol. The molecule has 1 aliphatic heterocycles. The highest BCUT2D eigenvalue weighted by atomic mass is 16.5. The molecule has 3 amide bonds. The van der Waals surface area contributed by atoms with Crippen LogP contribution >= 0.6 is 0 Å². The van der Waals surface area contributed by atoms with Crippen LogP contribution in [0.1, 0.15) is 31.7 Å². The summed E-state index contributed by atoms with van der Waals surface area (Å²) in [7, 11) is 1.50. The van der Waals surface area contributed by atoms with E-state index in [1.165, 1.54) is 7.11 Å². The normalized spacial score (nSPS) is 16.3. The smallest absolute Gasteiger partial charge is 0.239 e. The zero-order valence-corrected chi connectivity index (χ0v) is 13.4. The lowest BCUT2D eigenvalue weighted by molar-refractivity contribution is -0.128. The quantitative estimate of drug-likeness (QED) is 0.746. The molecule has 1 aliphatic rings. The van der Waals surface area contributed by atoms with Gasteiger partial charge in [0.1, 0.15) is 5.75 Å². The Labute approximate surface area is 134 Å². The molecule has 0 saturated carbocycles. The Bertz CT molecular complexity index is 628. The first-order valence-electron chi connectivity index (χ1n) is 7.46. The van der Waals surface area contributed by atoms with Crippen molar-refractivity contribution < 1.29 is 19.1 Å². The number of benzene rings is 1. The molecule has 2 rings (SSSR count). The first kappa shape index (κ1) is 16.8. The molecular formula is C16H21N3O4. The molecule has 7 nitrogen and oxygen atoms in total. The average Bonchev–Trinajstić information content (AvgIpc) is 2.50. The van der Waals surface area contributed by atoms with Crippen molar-refractivity contribution in [3.63, 3.8) is 0 Å². The Morgan fingerprint density at radius 2 is 2.13 bits per heavy atom. The van der Waals surface area contributed by atoms with Crippen LogP contribution in [0.4, 0.5) is 5.69 Å². The second kappa shape index (κ2) is 7.13. The van der Waals surface area contributed by atoms with Crippen LogP contribution in [-0.4, -0.2) is 37.4 Å². The molecular weight excluding hydrogens is 298 g/mol. The molecule has 0 bridgehead atoms. The van der Waals surface area contributed by atoms with E-state index in [2.05, 4.69) is 16.0 Å². The third kappa shape index (κ3) is 4.00. The van der Waals surface area contributed by atoms with Gasteiger partial charge in [0.25, 0.3) is 0 Å². The maximum Gasteiger partial charge on any atom is 0.239 e. The van der Waals surface area contributed by atoms with Crippen LogP contribution in [0.5, 0.6) is 5.75 Å². The second-order valence-corrected chi connectivity index (χ2v) is 5.67. The number of nitrogens with one attached hydrogen (secondary N) is 3. The number of para-hydroxylation sites is 1. The Morgan fingerprint density at radius 1 is 1.39 bits per heavy atom. The largest absolute Gasteiger partial charge is 0.495 e. The van der Waals surface area contributed by atoms with Crippen molar-refractivity contribution >= 4 is 23.4 Å². The second-order valence-electron chi connectivity index (χ2n) is 5.67. The van der Waals surface area contributed by atoms with Gasteiger partial charge in [-0.05, 0) is 25.5 Å². The highest BCUT2D eigenvalue weighted by molar-refractivity contribution is 6.02. The van der Waals surface area contributed by atoms with Crippen molar-refractivity contribution in [1.29, 1.82) is 0 Å². The number of hydrogen-bond acceptors (Lipinski definition) is 4. The maximum absolute atomic E-state index is 12.4. The molecule has 1 atom stereocenters. The number of carbonyl (C=O) groups is 3. The molecule has 7 heteroatoms. The van der Waals surface area contributed by atoms with Crippen molar-refractivity contribution in [3.05, 3.63) is 23.8 Å². The standard InChI is InChI=1S/C16H21N3O4/c1-9(2)18-14(21)8-17-16(22)11-7-13(20)19-15-10(11)5-4-6-12(15)23-3/h4-6,9,11H,7-8H2,1-3H3,(H,17,22)(H,18,21)(H,19,20)/t11-/m1/s1. The summed E-state index contributed by atoms with van der Waals surface area (Å²) in [5.74, 6) is -1.01. The molecule has 0 aliphatic carbocycles. The summed E-state index contributed by atoms with van der Waals surface area (Å²) in [6.07, 6.45) is 0.0395. The van der Waals surface area contributed by atoms with Crippen molar-refractivity contribution in [3.8, 4) is 5.75 Å². The van der Waals surface area contributed by atoms with Gasteiger partial charge in [0, 0.05) is 12.5 Å². The predicted octanol–water partition coefficient (Wildman–Crippen LogP) is 0.762. The maximum atomic E-state index is 12.4. The zero-order chi connectivity index (χ0) is 17.0. The molecule has 23 heavy (non-hydrogen) atoms. The molecule has 1 aromatic rings. The topological polar surface area (TPSA) is 96.5 Å². The van der Waals surface area contributed by atoms with Gasteiger partial charge < -0.3 is 20.7 Å². The zero-order valence-electron chi connectivity index (χ0n) is 13.4. The first-order chi connectivity index (χ1) is 10.9. The molecule has 1 aromatic carbocycles. The number of ether oxygens (including phenoxy) is 1. The highest BCUT2D eigenvalue weighted by Gasteiger charge is 2.32. The Balaban J connectivity index is 2.13. The number of carbonyl (C=O) groups excluding carboxylic acids is 3. The van der Waals surface area contributed by atoms with Crippen LogP contribution < -0.4 is 20.7 Å². The van der Waals surface area contributed by atoms with Gasteiger partial charge in [-0.25, -0.2) is 0 Å². The number of methoxy groups -OCH3 is 1. The molecule has 0 fully saturated rings. The summed E-state index contributed by atoms with van der Waals surface area (Å²) in [4.78, 5) is 35.9. The van der Waals surface area contributed by atoms with Crippen LogP contribution in [0.3, 0.4) is 0 Å². The van der Waals surface area contributed by atoms with Gasteiger partial charge in [-0.15, -0.1) is 0 Å². The van der Waals surface area contributed by atoms with E-state index in [0.29, 0.717) is 17.0 Å². The summed E-state index contributed by atoms with van der Waals surface area (Å²) >= 11 is 0. The fourth-order valence-electron chi connectivity index (χ4n) is 2.53. The van der Waals surface area contributed by atoms with Gasteiger partial charge in [0.05, 0.1) is 25.3 Å². The van der Waals surface area contributed by atoms with Gasteiger partial charge in [0.15, 0.2) is 0 Å². The highest BCUT2D eigenvalue weighted by Crippen LogP contribution is 2.38. The van der Waals surface area contributed by atoms with Crippen LogP contribution in [0.15, 0.2) is 18.2 Å². The number of fused-ring (bicyclic) bond motifs is 1. The van der Waals surface area contributed by atoms with Crippen LogP contribution in [0.2, 0.25) is 0 Å². The molecule has 3 N–H and O–H groups in total. The number of amides is 3. The summed E-state index contributed by atoms with van der Waals surface area (Å²) in [5, 5.41) is 8.01. The summed E-state index contributed by atoms with van der Waals surface area (Å²) in [6, 6.07) is 5.26. The van der Waals surface area contributed by atoms with Crippen molar-refractivity contribution in [2.45, 2.75) is 32.2 Å². The lowest BCUT2D eigenvalue weighted by Gasteiger charge is -2.26. The monoisotopic (exact) mass is 319 g/mol. The van der Waals surface area contributed by atoms with Gasteiger partial charge in [-0.1, -0.05) is 12.1 Å². The SMILES string of the molecule is COc1cccc2c1NC(=O)C[C@H]2C(=O)NCC(=O)NC(C)C. The van der Waals surface area contributed by atoms with Crippen molar-refractivity contribution in [2.24, 2.45) is 0 Å². The Kier molecular flexibility index (Phi) is 5.20. The van der Waals surface area contributed by atoms with Crippen LogP contribution in [0.25, 0.3) is 0 Å². The lowest BCUT2D eigenvalue weighted by atomic mass is 9.89. The molecule has 0 radical (unpaired) electrons. The van der Waals surface area contributed by atoms with Crippen molar-refractivity contribution in [2.75, 3.05) is 19.0 Å². The van der Waals surface area contributed by atoms with Gasteiger partial charge in [-0.3, -0.25) is 14.4 Å². The minimum absolute atomic E-state index is 0.00449. The number of rotatable bonds is 5. The number of hydrogen-bond donors (Lipinski definition) is 3. The van der Waals surface area contributed by atoms with Crippen molar-refractivity contribution in [1.82, 2.24) is 10.6 Å². The van der Waals surface area contributed by atoms with E-state index in [-0.39, 0.29) is 36.7 Å². The molecule has 124 valence electrons. The van der Waals surface area contributed by atoms with Gasteiger partial charge in [0.2, 0.25) is 17.7 Å². The molecule has 0 aromatic heterocycles. The third-order valence-electron chi connectivity index (χ3n) is 3.50. The molecule has 0 unspecified atom stereocenters. The van der Waals surface area contributed by atoms with Gasteiger partial charge >= 0.3 is 0 Å². The minimum atomic E-state index is -0.638. The molecule has 1 heterocycles. The number of anilines is 1. The fourth-order valence-corrected chi connectivity index (χ4v) is 2.53. The summed E-state index contributed by atoms with van der Waals surface area (Å²) in [6.45, 7) is 3.57. The van der Waals surface area contributed by atoms with E-state index >= 15 is 0 Å². The summed E-state index contributed by atoms with van der Waals surface area (Å²) in [5.41, 5.74) is 1.20. The third-order valence-corrected chi connectivity index (χ3v) is 3.50. The Morgan fingerprint density at radius 3 is 2.78 bits per heavy atom. The minimum Gasteiger partial charge on any atom is -0.495 e. The predicted molar refractivity (Wildman–Crippen MR) is 85.3 cm³/mol. The van der Waals surface area contributed by atoms with E-state index in [1.54, 1.807) is 18.2 Å². The van der Waals surface area contributed by atoms with E-state index in [1.807, 2.05) is 13.8 Å². The fraction of sp³-hybridized carbons (Fsp3) is 0.438. The van der Waals surface area contributed by atoms with Crippen LogP contribution in [-0.2, 0) is 14.4 Å².